The summed E-state index contributed by atoms with van der Waals surface area (Å²) in [4.78, 5) is 18.4. The number of tetrazole rings is 1. The second-order valence-electron chi connectivity index (χ2n) is 5.71. The van der Waals surface area contributed by atoms with Gasteiger partial charge < -0.3 is 0 Å². The molecule has 0 fully saturated rings. The smallest absolute Gasteiger partial charge is 0.261 e. The van der Waals surface area contributed by atoms with Gasteiger partial charge in [0.15, 0.2) is 0 Å². The van der Waals surface area contributed by atoms with Crippen LogP contribution in [0.25, 0.3) is 5.65 Å². The highest BCUT2D eigenvalue weighted by Crippen LogP contribution is 2.18. The van der Waals surface area contributed by atoms with Gasteiger partial charge >= 0.3 is 0 Å². The minimum atomic E-state index is -0.00752. The lowest BCUT2D eigenvalue weighted by Crippen LogP contribution is -2.22. The van der Waals surface area contributed by atoms with Crippen LogP contribution in [-0.4, -0.2) is 35.3 Å². The van der Waals surface area contributed by atoms with Crippen LogP contribution in [0.1, 0.15) is 16.1 Å². The number of hydrogen-bond donors (Lipinski definition) is 0. The SMILES string of the molecule is Cc1nc2ccccn2c(=O)c1CCSc1nnnn1Cc1cccs1. The lowest BCUT2D eigenvalue weighted by atomic mass is 10.2. The van der Waals surface area contributed by atoms with Gasteiger partial charge in [-0.15, -0.1) is 16.4 Å². The summed E-state index contributed by atoms with van der Waals surface area (Å²) >= 11 is 3.23. The van der Waals surface area contributed by atoms with Gasteiger partial charge in [0, 0.05) is 28.1 Å². The van der Waals surface area contributed by atoms with E-state index in [0.29, 0.717) is 24.4 Å². The summed E-state index contributed by atoms with van der Waals surface area (Å²) in [6.07, 6.45) is 2.37. The number of aromatic nitrogens is 6. The summed E-state index contributed by atoms with van der Waals surface area (Å²) in [7, 11) is 0. The Bertz CT molecular complexity index is 1090. The molecule has 132 valence electrons. The summed E-state index contributed by atoms with van der Waals surface area (Å²) in [5, 5.41) is 14.7. The molecule has 0 saturated carbocycles. The van der Waals surface area contributed by atoms with Crippen LogP contribution in [0.3, 0.4) is 0 Å². The van der Waals surface area contributed by atoms with Gasteiger partial charge in [-0.3, -0.25) is 9.20 Å². The summed E-state index contributed by atoms with van der Waals surface area (Å²) in [5.41, 5.74) is 2.18. The first-order chi connectivity index (χ1) is 12.7. The Balaban J connectivity index is 1.48. The lowest BCUT2D eigenvalue weighted by molar-refractivity contribution is 0.608. The Hall–Kier alpha value is -2.52. The quantitative estimate of drug-likeness (QED) is 0.475. The molecular weight excluding hydrogens is 368 g/mol. The molecule has 0 radical (unpaired) electrons. The van der Waals surface area contributed by atoms with Crippen molar-refractivity contribution in [2.24, 2.45) is 0 Å². The number of fused-ring (bicyclic) bond motifs is 1. The third-order valence-electron chi connectivity index (χ3n) is 4.00. The van der Waals surface area contributed by atoms with Crippen LogP contribution in [0, 0.1) is 6.92 Å². The van der Waals surface area contributed by atoms with Crippen molar-refractivity contribution < 1.29 is 0 Å². The van der Waals surface area contributed by atoms with Crippen molar-refractivity contribution in [3.63, 3.8) is 0 Å². The first-order valence-corrected chi connectivity index (χ1v) is 9.97. The molecule has 0 aliphatic rings. The molecule has 0 amide bonds. The van der Waals surface area contributed by atoms with Gasteiger partial charge in [-0.2, -0.15) is 0 Å². The average Bonchev–Trinajstić information content (AvgIpc) is 3.30. The standard InChI is InChI=1S/C17H16N6OS2/c1-12-14(16(24)22-8-3-2-6-15(22)18-12)7-10-26-17-19-20-21-23(17)11-13-5-4-9-25-13/h2-6,8-9H,7,10-11H2,1H3. The number of thioether (sulfide) groups is 1. The molecule has 0 spiro atoms. The van der Waals surface area contributed by atoms with E-state index in [2.05, 4.69) is 26.6 Å². The molecule has 4 heterocycles. The molecule has 26 heavy (non-hydrogen) atoms. The highest BCUT2D eigenvalue weighted by molar-refractivity contribution is 7.99. The van der Waals surface area contributed by atoms with Gasteiger partial charge in [0.1, 0.15) is 5.65 Å². The maximum Gasteiger partial charge on any atom is 0.261 e. The highest BCUT2D eigenvalue weighted by Gasteiger charge is 2.12. The lowest BCUT2D eigenvalue weighted by Gasteiger charge is -2.07. The van der Waals surface area contributed by atoms with Crippen molar-refractivity contribution in [1.29, 1.82) is 0 Å². The first-order valence-electron chi connectivity index (χ1n) is 8.10. The van der Waals surface area contributed by atoms with Crippen molar-refractivity contribution in [2.45, 2.75) is 25.0 Å². The predicted molar refractivity (Wildman–Crippen MR) is 102 cm³/mol. The maximum absolute atomic E-state index is 12.7. The van der Waals surface area contributed by atoms with Crippen LogP contribution in [0.5, 0.6) is 0 Å². The van der Waals surface area contributed by atoms with Gasteiger partial charge in [0.25, 0.3) is 5.56 Å². The third-order valence-corrected chi connectivity index (χ3v) is 5.82. The third kappa shape index (κ3) is 3.40. The monoisotopic (exact) mass is 384 g/mol. The molecular formula is C17H16N6OS2. The zero-order valence-corrected chi connectivity index (χ0v) is 15.7. The zero-order chi connectivity index (χ0) is 17.9. The first kappa shape index (κ1) is 16.9. The number of aryl methyl sites for hydroxylation is 1. The van der Waals surface area contributed by atoms with Crippen LogP contribution in [0.4, 0.5) is 0 Å². The van der Waals surface area contributed by atoms with Crippen LogP contribution in [0.15, 0.2) is 51.9 Å². The summed E-state index contributed by atoms with van der Waals surface area (Å²) < 4.78 is 3.38. The fourth-order valence-corrected chi connectivity index (χ4v) is 4.24. The van der Waals surface area contributed by atoms with Gasteiger partial charge in [0.2, 0.25) is 5.16 Å². The summed E-state index contributed by atoms with van der Waals surface area (Å²) in [5.74, 6) is 0.710. The van der Waals surface area contributed by atoms with Crippen molar-refractivity contribution in [2.75, 3.05) is 5.75 Å². The molecule has 9 heteroatoms. The second-order valence-corrected chi connectivity index (χ2v) is 7.80. The van der Waals surface area contributed by atoms with E-state index >= 15 is 0 Å². The molecule has 0 aliphatic carbocycles. The highest BCUT2D eigenvalue weighted by atomic mass is 32.2. The van der Waals surface area contributed by atoms with Crippen LogP contribution >= 0.6 is 23.1 Å². The summed E-state index contributed by atoms with van der Waals surface area (Å²) in [6, 6.07) is 9.63. The normalized spacial score (nSPS) is 11.3. The number of thiophene rings is 1. The molecule has 7 nitrogen and oxygen atoms in total. The van der Waals surface area contributed by atoms with E-state index in [1.54, 1.807) is 38.4 Å². The molecule has 0 aromatic carbocycles. The second kappa shape index (κ2) is 7.38. The molecule has 4 rings (SSSR count). The Kier molecular flexibility index (Phi) is 4.81. The number of pyridine rings is 1. The Morgan fingerprint density at radius 3 is 3.00 bits per heavy atom. The van der Waals surface area contributed by atoms with E-state index in [9.17, 15) is 4.79 Å². The Labute approximate surface area is 157 Å². The minimum absolute atomic E-state index is 0.00752. The van der Waals surface area contributed by atoms with E-state index in [4.69, 9.17) is 0 Å². The van der Waals surface area contributed by atoms with Crippen molar-refractivity contribution in [3.05, 3.63) is 68.4 Å². The van der Waals surface area contributed by atoms with E-state index in [-0.39, 0.29) is 5.56 Å². The van der Waals surface area contributed by atoms with Crippen molar-refractivity contribution >= 4 is 28.7 Å². The van der Waals surface area contributed by atoms with Gasteiger partial charge in [-0.25, -0.2) is 9.67 Å². The van der Waals surface area contributed by atoms with Gasteiger partial charge in [-0.1, -0.05) is 23.9 Å². The molecule has 0 N–H and O–H groups in total. The van der Waals surface area contributed by atoms with Gasteiger partial charge in [0.05, 0.1) is 6.54 Å². The largest absolute Gasteiger partial charge is 0.269 e. The fraction of sp³-hybridized carbons (Fsp3) is 0.235. The zero-order valence-electron chi connectivity index (χ0n) is 14.1. The van der Waals surface area contributed by atoms with E-state index in [1.165, 1.54) is 4.88 Å². The van der Waals surface area contributed by atoms with Crippen molar-refractivity contribution in [3.8, 4) is 0 Å². The fourth-order valence-electron chi connectivity index (χ4n) is 2.72. The number of hydrogen-bond acceptors (Lipinski definition) is 7. The molecule has 0 bridgehead atoms. The van der Waals surface area contributed by atoms with Crippen LogP contribution in [-0.2, 0) is 13.0 Å². The minimum Gasteiger partial charge on any atom is -0.269 e. The maximum atomic E-state index is 12.7. The molecule has 4 aromatic heterocycles. The molecule has 4 aromatic rings. The van der Waals surface area contributed by atoms with Crippen LogP contribution in [0.2, 0.25) is 0 Å². The van der Waals surface area contributed by atoms with Crippen LogP contribution < -0.4 is 5.56 Å². The predicted octanol–water partition coefficient (Wildman–Crippen LogP) is 2.43. The Morgan fingerprint density at radius 1 is 1.23 bits per heavy atom. The number of rotatable bonds is 6. The average molecular weight is 384 g/mol. The summed E-state index contributed by atoms with van der Waals surface area (Å²) in [6.45, 7) is 2.54. The Morgan fingerprint density at radius 2 is 2.15 bits per heavy atom. The van der Waals surface area contributed by atoms with E-state index < -0.39 is 0 Å². The van der Waals surface area contributed by atoms with Crippen molar-refractivity contribution in [1.82, 2.24) is 29.6 Å². The number of nitrogens with zero attached hydrogens (tertiary/aromatic N) is 6. The molecule has 0 unspecified atom stereocenters. The molecule has 0 atom stereocenters. The molecule has 0 saturated heterocycles. The topological polar surface area (TPSA) is 78.0 Å². The molecule has 0 aliphatic heterocycles. The van der Waals surface area contributed by atoms with E-state index in [1.807, 2.05) is 36.6 Å². The van der Waals surface area contributed by atoms with E-state index in [0.717, 1.165) is 16.4 Å². The van der Waals surface area contributed by atoms with Gasteiger partial charge in [-0.05, 0) is 47.4 Å².